The SMILES string of the molecule is Cc1c(Cl)ccc2sc(NC(=O)c3ccccc3NS(=O)(=O)c3ccc(F)cc3)nc12. The number of anilines is 2. The minimum Gasteiger partial charge on any atom is -0.298 e. The minimum atomic E-state index is -4.01. The lowest BCUT2D eigenvalue weighted by Crippen LogP contribution is -2.18. The van der Waals surface area contributed by atoms with Crippen LogP contribution in [0.3, 0.4) is 0 Å². The van der Waals surface area contributed by atoms with Crippen molar-refractivity contribution in [1.82, 2.24) is 4.98 Å². The van der Waals surface area contributed by atoms with E-state index < -0.39 is 21.7 Å². The molecule has 0 aliphatic carbocycles. The second-order valence-electron chi connectivity index (χ2n) is 6.60. The first-order chi connectivity index (χ1) is 14.7. The van der Waals surface area contributed by atoms with Crippen LogP contribution in [0.5, 0.6) is 0 Å². The molecule has 4 rings (SSSR count). The zero-order chi connectivity index (χ0) is 22.2. The molecule has 1 amide bonds. The Bertz CT molecular complexity index is 1400. The molecule has 0 fully saturated rings. The van der Waals surface area contributed by atoms with Gasteiger partial charge in [-0.2, -0.15) is 0 Å². The van der Waals surface area contributed by atoms with Crippen LogP contribution in [0, 0.1) is 12.7 Å². The van der Waals surface area contributed by atoms with Gasteiger partial charge in [-0.15, -0.1) is 0 Å². The molecule has 0 spiro atoms. The van der Waals surface area contributed by atoms with Gasteiger partial charge in [0.25, 0.3) is 15.9 Å². The van der Waals surface area contributed by atoms with Crippen LogP contribution in [0.1, 0.15) is 15.9 Å². The molecule has 10 heteroatoms. The smallest absolute Gasteiger partial charge is 0.261 e. The van der Waals surface area contributed by atoms with E-state index in [4.69, 9.17) is 11.6 Å². The highest BCUT2D eigenvalue weighted by Crippen LogP contribution is 2.32. The number of carbonyl (C=O) groups excluding carboxylic acids is 1. The van der Waals surface area contributed by atoms with Gasteiger partial charge < -0.3 is 0 Å². The lowest BCUT2D eigenvalue weighted by Gasteiger charge is -2.12. The number of fused-ring (bicyclic) bond motifs is 1. The summed E-state index contributed by atoms with van der Waals surface area (Å²) in [5.74, 6) is -1.08. The lowest BCUT2D eigenvalue weighted by molar-refractivity contribution is 0.102. The molecule has 4 aromatic rings. The van der Waals surface area contributed by atoms with Gasteiger partial charge in [0.05, 0.1) is 26.4 Å². The normalized spacial score (nSPS) is 11.5. The molecule has 0 saturated heterocycles. The Morgan fingerprint density at radius 2 is 1.77 bits per heavy atom. The van der Waals surface area contributed by atoms with Crippen molar-refractivity contribution in [2.24, 2.45) is 0 Å². The summed E-state index contributed by atoms with van der Waals surface area (Å²) >= 11 is 7.42. The summed E-state index contributed by atoms with van der Waals surface area (Å²) in [5.41, 5.74) is 1.70. The number of hydrogen-bond donors (Lipinski definition) is 2. The summed E-state index contributed by atoms with van der Waals surface area (Å²) in [6, 6.07) is 14.2. The van der Waals surface area contributed by atoms with E-state index in [2.05, 4.69) is 15.0 Å². The largest absolute Gasteiger partial charge is 0.298 e. The fourth-order valence-electron chi connectivity index (χ4n) is 2.91. The van der Waals surface area contributed by atoms with Crippen molar-refractivity contribution in [3.63, 3.8) is 0 Å². The van der Waals surface area contributed by atoms with E-state index in [-0.39, 0.29) is 16.1 Å². The van der Waals surface area contributed by atoms with Gasteiger partial charge in [-0.25, -0.2) is 17.8 Å². The van der Waals surface area contributed by atoms with Crippen LogP contribution in [0.4, 0.5) is 15.2 Å². The summed E-state index contributed by atoms with van der Waals surface area (Å²) in [6.45, 7) is 1.84. The van der Waals surface area contributed by atoms with Crippen LogP contribution in [0.15, 0.2) is 65.6 Å². The first-order valence-corrected chi connectivity index (χ1v) is 11.7. The van der Waals surface area contributed by atoms with Crippen LogP contribution < -0.4 is 10.0 Å². The van der Waals surface area contributed by atoms with Gasteiger partial charge >= 0.3 is 0 Å². The lowest BCUT2D eigenvalue weighted by atomic mass is 10.2. The zero-order valence-electron chi connectivity index (χ0n) is 16.0. The number of amides is 1. The van der Waals surface area contributed by atoms with Gasteiger partial charge in [-0.05, 0) is 61.0 Å². The predicted octanol–water partition coefficient (Wildman–Crippen LogP) is 5.45. The van der Waals surface area contributed by atoms with E-state index in [9.17, 15) is 17.6 Å². The quantitative estimate of drug-likeness (QED) is 0.401. The molecule has 1 heterocycles. The Labute approximate surface area is 186 Å². The summed E-state index contributed by atoms with van der Waals surface area (Å²) < 4.78 is 41.7. The average molecular weight is 476 g/mol. The molecule has 0 aliphatic rings. The van der Waals surface area contributed by atoms with Gasteiger partial charge in [0.2, 0.25) is 0 Å². The van der Waals surface area contributed by atoms with Crippen molar-refractivity contribution < 1.29 is 17.6 Å². The topological polar surface area (TPSA) is 88.2 Å². The van der Waals surface area contributed by atoms with Crippen LogP contribution >= 0.6 is 22.9 Å². The number of aryl methyl sites for hydroxylation is 1. The fourth-order valence-corrected chi connectivity index (χ4v) is 5.06. The first-order valence-electron chi connectivity index (χ1n) is 8.99. The summed E-state index contributed by atoms with van der Waals surface area (Å²) in [5, 5.41) is 3.65. The average Bonchev–Trinajstić information content (AvgIpc) is 3.14. The molecule has 0 atom stereocenters. The molecule has 1 aromatic heterocycles. The Kier molecular flexibility index (Phi) is 5.65. The highest BCUT2D eigenvalue weighted by Gasteiger charge is 2.20. The highest BCUT2D eigenvalue weighted by atomic mass is 35.5. The number of hydrogen-bond acceptors (Lipinski definition) is 5. The monoisotopic (exact) mass is 475 g/mol. The van der Waals surface area contributed by atoms with Gasteiger partial charge in [-0.3, -0.25) is 14.8 Å². The fraction of sp³-hybridized carbons (Fsp3) is 0.0476. The van der Waals surface area contributed by atoms with Crippen LogP contribution in [-0.2, 0) is 10.0 Å². The van der Waals surface area contributed by atoms with Crippen LogP contribution in [-0.4, -0.2) is 19.3 Å². The van der Waals surface area contributed by atoms with E-state index in [1.807, 2.05) is 13.0 Å². The number of thiazole rings is 1. The molecule has 2 N–H and O–H groups in total. The van der Waals surface area contributed by atoms with E-state index in [1.54, 1.807) is 18.2 Å². The van der Waals surface area contributed by atoms with Gasteiger partial charge in [0.15, 0.2) is 5.13 Å². The van der Waals surface area contributed by atoms with Crippen molar-refractivity contribution in [3.05, 3.63) is 82.6 Å². The molecule has 0 bridgehead atoms. The third-order valence-corrected chi connectivity index (χ3v) is 7.24. The van der Waals surface area contributed by atoms with Crippen LogP contribution in [0.25, 0.3) is 10.2 Å². The standard InChI is InChI=1S/C21H15ClFN3O3S2/c1-12-16(22)10-11-18-19(12)24-21(30-18)25-20(27)15-4-2-3-5-17(15)26-31(28,29)14-8-6-13(23)7-9-14/h2-11,26H,1H3,(H,24,25,27). The number of rotatable bonds is 5. The van der Waals surface area contributed by atoms with Gasteiger partial charge in [-0.1, -0.05) is 35.1 Å². The van der Waals surface area contributed by atoms with Crippen molar-refractivity contribution in [1.29, 1.82) is 0 Å². The van der Waals surface area contributed by atoms with Crippen molar-refractivity contribution in [3.8, 4) is 0 Å². The number of benzene rings is 3. The second-order valence-corrected chi connectivity index (χ2v) is 9.72. The number of carbonyl (C=O) groups is 1. The van der Waals surface area contributed by atoms with Gasteiger partial charge in [0, 0.05) is 5.02 Å². The molecule has 31 heavy (non-hydrogen) atoms. The Morgan fingerprint density at radius 3 is 2.52 bits per heavy atom. The first kappa shape index (κ1) is 21.2. The Morgan fingerprint density at radius 1 is 1.06 bits per heavy atom. The minimum absolute atomic E-state index is 0.0876. The zero-order valence-corrected chi connectivity index (χ0v) is 18.4. The van der Waals surface area contributed by atoms with Crippen molar-refractivity contribution in [2.45, 2.75) is 11.8 Å². The van der Waals surface area contributed by atoms with E-state index in [1.165, 1.54) is 23.5 Å². The van der Waals surface area contributed by atoms with E-state index >= 15 is 0 Å². The van der Waals surface area contributed by atoms with E-state index in [0.29, 0.717) is 15.7 Å². The summed E-state index contributed by atoms with van der Waals surface area (Å²) in [6.07, 6.45) is 0. The predicted molar refractivity (Wildman–Crippen MR) is 121 cm³/mol. The van der Waals surface area contributed by atoms with Crippen LogP contribution in [0.2, 0.25) is 5.02 Å². The molecule has 6 nitrogen and oxygen atoms in total. The molecular formula is C21H15ClFN3O3S2. The molecular weight excluding hydrogens is 461 g/mol. The summed E-state index contributed by atoms with van der Waals surface area (Å²) in [4.78, 5) is 17.2. The number of halogens is 2. The molecule has 0 unspecified atom stereocenters. The van der Waals surface area contributed by atoms with Crippen molar-refractivity contribution in [2.75, 3.05) is 10.0 Å². The maximum atomic E-state index is 13.1. The van der Waals surface area contributed by atoms with Gasteiger partial charge in [0.1, 0.15) is 5.82 Å². The Hall–Kier alpha value is -3.01. The number of nitrogens with one attached hydrogen (secondary N) is 2. The molecule has 3 aromatic carbocycles. The maximum Gasteiger partial charge on any atom is 0.261 e. The third kappa shape index (κ3) is 4.39. The maximum absolute atomic E-state index is 13.1. The summed E-state index contributed by atoms with van der Waals surface area (Å²) in [7, 11) is -4.01. The van der Waals surface area contributed by atoms with Crippen molar-refractivity contribution >= 4 is 59.9 Å². The van der Waals surface area contributed by atoms with E-state index in [0.717, 1.165) is 34.5 Å². The highest BCUT2D eigenvalue weighted by molar-refractivity contribution is 7.92. The number of nitrogens with zero attached hydrogens (tertiary/aromatic N) is 1. The number of para-hydroxylation sites is 1. The number of sulfonamides is 1. The second kappa shape index (κ2) is 8.26. The number of aromatic nitrogens is 1. The molecule has 0 radical (unpaired) electrons. The molecule has 0 aliphatic heterocycles. The Balaban J connectivity index is 1.61. The third-order valence-electron chi connectivity index (χ3n) is 4.51. The molecule has 0 saturated carbocycles. The molecule has 158 valence electrons.